The molecule has 0 saturated carbocycles. The van der Waals surface area contributed by atoms with Crippen molar-refractivity contribution in [3.05, 3.63) is 0 Å². The van der Waals surface area contributed by atoms with Crippen molar-refractivity contribution in [2.24, 2.45) is 5.41 Å². The number of hydrogen-bond donors (Lipinski definition) is 1. The molecule has 2 saturated heterocycles. The van der Waals surface area contributed by atoms with Crippen molar-refractivity contribution in [1.29, 1.82) is 0 Å². The van der Waals surface area contributed by atoms with Crippen molar-refractivity contribution >= 4 is 5.91 Å². The number of nitrogens with one attached hydrogen (secondary N) is 1. The first-order valence-corrected chi connectivity index (χ1v) is 5.38. The normalized spacial score (nSPS) is 41.4. The van der Waals surface area contributed by atoms with E-state index in [1.54, 1.807) is 0 Å². The summed E-state index contributed by atoms with van der Waals surface area (Å²) in [5.74, 6) is 0.198. The van der Waals surface area contributed by atoms with E-state index in [1.807, 2.05) is 0 Å². The topological polar surface area (TPSA) is 38.3 Å². The Kier molecular flexibility index (Phi) is 2.11. The van der Waals surface area contributed by atoms with Gasteiger partial charge in [-0.3, -0.25) is 4.79 Å². The van der Waals surface area contributed by atoms with Gasteiger partial charge in [-0.25, -0.2) is 0 Å². The second kappa shape index (κ2) is 2.96. The highest BCUT2D eigenvalue weighted by atomic mass is 16.5. The number of hydrogen-bond acceptors (Lipinski definition) is 2. The molecule has 2 heterocycles. The van der Waals surface area contributed by atoms with Gasteiger partial charge in [0.2, 0.25) is 5.91 Å². The molecule has 3 heteroatoms. The lowest BCUT2D eigenvalue weighted by Gasteiger charge is -2.45. The van der Waals surface area contributed by atoms with E-state index in [1.165, 1.54) is 0 Å². The zero-order valence-corrected chi connectivity index (χ0v) is 9.22. The molecule has 2 aliphatic heterocycles. The molecule has 1 N–H and O–H groups in total. The van der Waals surface area contributed by atoms with Gasteiger partial charge in [0.1, 0.15) is 0 Å². The summed E-state index contributed by atoms with van der Waals surface area (Å²) in [7, 11) is 0. The highest BCUT2D eigenvalue weighted by molar-refractivity contribution is 5.80. The monoisotopic (exact) mass is 197 g/mol. The minimum Gasteiger partial charge on any atom is -0.378 e. The fraction of sp³-hybridized carbons (Fsp3) is 0.909. The fourth-order valence-electron chi connectivity index (χ4n) is 2.95. The minimum absolute atomic E-state index is 0.0673. The van der Waals surface area contributed by atoms with Crippen LogP contribution in [-0.4, -0.2) is 24.2 Å². The molecule has 0 aromatic carbocycles. The van der Waals surface area contributed by atoms with Gasteiger partial charge in [0, 0.05) is 24.0 Å². The van der Waals surface area contributed by atoms with Crippen LogP contribution in [0.15, 0.2) is 0 Å². The number of carbonyl (C=O) groups excluding carboxylic acids is 1. The summed E-state index contributed by atoms with van der Waals surface area (Å²) in [6.45, 7) is 7.16. The maximum Gasteiger partial charge on any atom is 0.221 e. The predicted octanol–water partition coefficient (Wildman–Crippen LogP) is 1.47. The number of amides is 1. The van der Waals surface area contributed by atoms with Crippen LogP contribution in [0.2, 0.25) is 0 Å². The number of ether oxygens (including phenoxy) is 1. The molecular weight excluding hydrogens is 178 g/mol. The van der Waals surface area contributed by atoms with Crippen LogP contribution in [0, 0.1) is 5.41 Å². The van der Waals surface area contributed by atoms with Gasteiger partial charge in [0.15, 0.2) is 0 Å². The SMILES string of the molecule is CC1CC2(CCO1)CC(=O)NC2(C)C. The summed E-state index contributed by atoms with van der Waals surface area (Å²) in [5.41, 5.74) is 0.0594. The lowest BCUT2D eigenvalue weighted by molar-refractivity contribution is -0.120. The van der Waals surface area contributed by atoms with E-state index in [4.69, 9.17) is 4.74 Å². The number of rotatable bonds is 0. The molecule has 3 nitrogen and oxygen atoms in total. The largest absolute Gasteiger partial charge is 0.378 e. The van der Waals surface area contributed by atoms with Crippen LogP contribution in [-0.2, 0) is 9.53 Å². The van der Waals surface area contributed by atoms with Gasteiger partial charge < -0.3 is 10.1 Å². The third kappa shape index (κ3) is 1.34. The molecule has 0 aromatic heterocycles. The van der Waals surface area contributed by atoms with Crippen LogP contribution < -0.4 is 5.32 Å². The summed E-state index contributed by atoms with van der Waals surface area (Å²) in [6.07, 6.45) is 2.96. The van der Waals surface area contributed by atoms with Gasteiger partial charge >= 0.3 is 0 Å². The van der Waals surface area contributed by atoms with E-state index in [-0.39, 0.29) is 23.0 Å². The Morgan fingerprint density at radius 2 is 2.21 bits per heavy atom. The molecule has 2 aliphatic rings. The summed E-state index contributed by atoms with van der Waals surface area (Å²) in [5, 5.41) is 3.08. The highest BCUT2D eigenvalue weighted by Gasteiger charge is 2.53. The van der Waals surface area contributed by atoms with Gasteiger partial charge in [-0.15, -0.1) is 0 Å². The maximum absolute atomic E-state index is 11.5. The quantitative estimate of drug-likeness (QED) is 0.638. The summed E-state index contributed by atoms with van der Waals surface area (Å²) < 4.78 is 5.55. The van der Waals surface area contributed by atoms with Gasteiger partial charge in [-0.1, -0.05) is 0 Å². The van der Waals surface area contributed by atoms with Gasteiger partial charge in [-0.2, -0.15) is 0 Å². The molecule has 2 rings (SSSR count). The van der Waals surface area contributed by atoms with Crippen LogP contribution in [0.25, 0.3) is 0 Å². The molecule has 1 spiro atoms. The molecule has 2 unspecified atom stereocenters. The van der Waals surface area contributed by atoms with Crippen LogP contribution in [0.1, 0.15) is 40.0 Å². The summed E-state index contributed by atoms with van der Waals surface area (Å²) in [4.78, 5) is 11.5. The molecule has 0 radical (unpaired) electrons. The van der Waals surface area contributed by atoms with E-state index in [9.17, 15) is 4.79 Å². The Hall–Kier alpha value is -0.570. The van der Waals surface area contributed by atoms with Crippen molar-refractivity contribution < 1.29 is 9.53 Å². The van der Waals surface area contributed by atoms with Crippen LogP contribution >= 0.6 is 0 Å². The molecule has 2 atom stereocenters. The molecular formula is C11H19NO2. The van der Waals surface area contributed by atoms with E-state index >= 15 is 0 Å². The molecule has 2 fully saturated rings. The lowest BCUT2D eigenvalue weighted by atomic mass is 9.66. The fourth-order valence-corrected chi connectivity index (χ4v) is 2.95. The summed E-state index contributed by atoms with van der Waals surface area (Å²) >= 11 is 0. The molecule has 80 valence electrons. The first-order valence-electron chi connectivity index (χ1n) is 5.38. The average Bonchev–Trinajstić information content (AvgIpc) is 2.20. The zero-order chi connectivity index (χ0) is 10.4. The summed E-state index contributed by atoms with van der Waals surface area (Å²) in [6, 6.07) is 0. The first-order chi connectivity index (χ1) is 6.45. The molecule has 1 amide bonds. The third-order valence-corrected chi connectivity index (χ3v) is 3.94. The lowest BCUT2D eigenvalue weighted by Crippen LogP contribution is -2.50. The standard InChI is InChI=1S/C11H19NO2/c1-8-6-11(4-5-14-8)7-9(13)12-10(11,2)3/h8H,4-7H2,1-3H3,(H,12,13). The Morgan fingerprint density at radius 1 is 1.50 bits per heavy atom. The van der Waals surface area contributed by atoms with Gasteiger partial charge in [0.25, 0.3) is 0 Å². The Balaban J connectivity index is 2.25. The van der Waals surface area contributed by atoms with Crippen LogP contribution in [0.4, 0.5) is 0 Å². The molecule has 0 bridgehead atoms. The predicted molar refractivity (Wildman–Crippen MR) is 53.9 cm³/mol. The van der Waals surface area contributed by atoms with Gasteiger partial charge in [0.05, 0.1) is 6.10 Å². The third-order valence-electron chi connectivity index (χ3n) is 3.94. The van der Waals surface area contributed by atoms with Crippen molar-refractivity contribution in [2.45, 2.75) is 51.7 Å². The van der Waals surface area contributed by atoms with E-state index < -0.39 is 0 Å². The van der Waals surface area contributed by atoms with E-state index in [2.05, 4.69) is 26.1 Å². The Bertz CT molecular complexity index is 262. The minimum atomic E-state index is -0.0673. The van der Waals surface area contributed by atoms with Gasteiger partial charge in [-0.05, 0) is 33.6 Å². The van der Waals surface area contributed by atoms with Crippen molar-refractivity contribution in [1.82, 2.24) is 5.32 Å². The first kappa shape index (κ1) is 9.97. The smallest absolute Gasteiger partial charge is 0.221 e. The second-order valence-corrected chi connectivity index (χ2v) is 5.27. The van der Waals surface area contributed by atoms with Crippen LogP contribution in [0.3, 0.4) is 0 Å². The Labute approximate surface area is 85.2 Å². The highest BCUT2D eigenvalue weighted by Crippen LogP contribution is 2.48. The molecule has 14 heavy (non-hydrogen) atoms. The van der Waals surface area contributed by atoms with E-state index in [0.29, 0.717) is 6.42 Å². The van der Waals surface area contributed by atoms with Crippen molar-refractivity contribution in [3.63, 3.8) is 0 Å². The second-order valence-electron chi connectivity index (χ2n) is 5.27. The average molecular weight is 197 g/mol. The van der Waals surface area contributed by atoms with Crippen molar-refractivity contribution in [3.8, 4) is 0 Å². The van der Waals surface area contributed by atoms with Crippen LogP contribution in [0.5, 0.6) is 0 Å². The van der Waals surface area contributed by atoms with Crippen molar-refractivity contribution in [2.75, 3.05) is 6.61 Å². The zero-order valence-electron chi connectivity index (χ0n) is 9.22. The Morgan fingerprint density at radius 3 is 2.71 bits per heavy atom. The molecule has 0 aliphatic carbocycles. The number of carbonyl (C=O) groups is 1. The molecule has 0 aromatic rings. The van der Waals surface area contributed by atoms with E-state index in [0.717, 1.165) is 19.4 Å². The maximum atomic E-state index is 11.5.